The van der Waals surface area contributed by atoms with Crippen molar-refractivity contribution in [3.8, 4) is 0 Å². The molecule has 0 N–H and O–H groups in total. The summed E-state index contributed by atoms with van der Waals surface area (Å²) in [6, 6.07) is 2.43. The Kier molecular flexibility index (Phi) is 2.73. The number of anilines is 1. The van der Waals surface area contributed by atoms with Crippen LogP contribution in [0.2, 0.25) is 0 Å². The maximum absolute atomic E-state index is 13.3. The third-order valence-corrected chi connectivity index (χ3v) is 4.25. The number of carbonyl (C=O) groups is 2. The molecule has 1 aromatic carbocycles. The van der Waals surface area contributed by atoms with Crippen LogP contribution in [-0.2, 0) is 4.79 Å². The van der Waals surface area contributed by atoms with Crippen LogP contribution in [0.3, 0.4) is 0 Å². The minimum atomic E-state index is -0.607. The van der Waals surface area contributed by atoms with Gasteiger partial charge in [0.25, 0.3) is 11.7 Å². The fourth-order valence-electron chi connectivity index (χ4n) is 2.46. The minimum absolute atomic E-state index is 0.172. The van der Waals surface area contributed by atoms with Crippen LogP contribution >= 0.6 is 15.9 Å². The zero-order chi connectivity index (χ0) is 12.9. The number of Topliss-reactive ketones (excluding diaryl/α,β-unsaturated/α-hetero) is 1. The van der Waals surface area contributed by atoms with Crippen molar-refractivity contribution in [2.24, 2.45) is 5.92 Å². The zero-order valence-corrected chi connectivity index (χ0v) is 11.2. The molecule has 1 amide bonds. The number of nitrogens with zero attached hydrogens (tertiary/aromatic N) is 1. The van der Waals surface area contributed by atoms with Crippen molar-refractivity contribution in [3.63, 3.8) is 0 Å². The van der Waals surface area contributed by atoms with Gasteiger partial charge in [-0.15, -0.1) is 0 Å². The molecule has 0 radical (unpaired) electrons. The van der Waals surface area contributed by atoms with Gasteiger partial charge >= 0.3 is 0 Å². The van der Waals surface area contributed by atoms with Gasteiger partial charge in [0.2, 0.25) is 0 Å². The van der Waals surface area contributed by atoms with Crippen molar-refractivity contribution >= 4 is 33.3 Å². The van der Waals surface area contributed by atoms with Gasteiger partial charge in [-0.25, -0.2) is 4.39 Å². The molecule has 1 heterocycles. The fraction of sp³-hybridized carbons (Fsp3) is 0.385. The summed E-state index contributed by atoms with van der Waals surface area (Å²) in [6.45, 7) is 0.557. The van der Waals surface area contributed by atoms with Crippen LogP contribution in [0.5, 0.6) is 0 Å². The second-order valence-corrected chi connectivity index (χ2v) is 5.68. The molecule has 18 heavy (non-hydrogen) atoms. The molecule has 0 saturated heterocycles. The molecule has 0 aromatic heterocycles. The van der Waals surface area contributed by atoms with Gasteiger partial charge in [0.05, 0.1) is 11.3 Å². The van der Waals surface area contributed by atoms with Gasteiger partial charge in [0.1, 0.15) is 5.82 Å². The molecule has 0 unspecified atom stereocenters. The third kappa shape index (κ3) is 1.68. The van der Waals surface area contributed by atoms with Crippen molar-refractivity contribution in [3.05, 3.63) is 28.0 Å². The number of rotatable bonds is 2. The standard InChI is InChI=1S/C13H11BrFNO2/c14-10-5-8(15)4-9-11(10)16(13(18)12(9)17)6-7-2-1-3-7/h4-5,7H,1-3,6H2. The number of ketones is 1. The maximum Gasteiger partial charge on any atom is 0.299 e. The molecular weight excluding hydrogens is 301 g/mol. The van der Waals surface area contributed by atoms with Crippen LogP contribution in [0.4, 0.5) is 10.1 Å². The first-order valence-corrected chi connectivity index (χ1v) is 6.72. The van der Waals surface area contributed by atoms with Gasteiger partial charge in [-0.1, -0.05) is 6.42 Å². The van der Waals surface area contributed by atoms with Crippen molar-refractivity contribution < 1.29 is 14.0 Å². The number of hydrogen-bond donors (Lipinski definition) is 0. The van der Waals surface area contributed by atoms with E-state index in [-0.39, 0.29) is 5.56 Å². The molecule has 3 rings (SSSR count). The van der Waals surface area contributed by atoms with E-state index in [1.165, 1.54) is 17.4 Å². The summed E-state index contributed by atoms with van der Waals surface area (Å²) < 4.78 is 13.7. The first-order chi connectivity index (χ1) is 8.58. The van der Waals surface area contributed by atoms with Gasteiger partial charge in [0.15, 0.2) is 0 Å². The lowest BCUT2D eigenvalue weighted by molar-refractivity contribution is -0.114. The minimum Gasteiger partial charge on any atom is -0.303 e. The fourth-order valence-corrected chi connectivity index (χ4v) is 3.11. The van der Waals surface area contributed by atoms with Crippen LogP contribution in [0.25, 0.3) is 0 Å². The van der Waals surface area contributed by atoms with Gasteiger partial charge in [-0.3, -0.25) is 9.59 Å². The maximum atomic E-state index is 13.3. The molecule has 1 aliphatic heterocycles. The predicted octanol–water partition coefficient (Wildman–Crippen LogP) is 2.92. The van der Waals surface area contributed by atoms with Crippen molar-refractivity contribution in [2.45, 2.75) is 19.3 Å². The number of carbonyl (C=O) groups excluding carboxylic acids is 2. The number of benzene rings is 1. The molecular formula is C13H11BrFNO2. The molecule has 5 heteroatoms. The summed E-state index contributed by atoms with van der Waals surface area (Å²) in [7, 11) is 0. The van der Waals surface area contributed by atoms with Crippen molar-refractivity contribution in [1.82, 2.24) is 0 Å². The van der Waals surface area contributed by atoms with Crippen molar-refractivity contribution in [2.75, 3.05) is 11.4 Å². The number of amides is 1. The van der Waals surface area contributed by atoms with Crippen LogP contribution < -0.4 is 4.90 Å². The van der Waals surface area contributed by atoms with Gasteiger partial charge in [-0.2, -0.15) is 0 Å². The SMILES string of the molecule is O=C1C(=O)N(CC2CCC2)c2c(Br)cc(F)cc21. The Labute approximate surface area is 112 Å². The van der Waals surface area contributed by atoms with E-state index in [0.717, 1.165) is 18.9 Å². The molecule has 3 nitrogen and oxygen atoms in total. The molecule has 0 spiro atoms. The number of hydrogen-bond acceptors (Lipinski definition) is 2. The van der Waals surface area contributed by atoms with Crippen LogP contribution in [0.1, 0.15) is 29.6 Å². The van der Waals surface area contributed by atoms with Gasteiger partial charge in [-0.05, 0) is 46.8 Å². The summed E-state index contributed by atoms with van der Waals surface area (Å²) in [6.07, 6.45) is 3.36. The summed E-state index contributed by atoms with van der Waals surface area (Å²) in [5, 5.41) is 0. The Hall–Kier alpha value is -1.23. The lowest BCUT2D eigenvalue weighted by Gasteiger charge is -2.30. The topological polar surface area (TPSA) is 37.4 Å². The highest BCUT2D eigenvalue weighted by Crippen LogP contribution is 2.39. The van der Waals surface area contributed by atoms with E-state index in [4.69, 9.17) is 0 Å². The average Bonchev–Trinajstić information content (AvgIpc) is 2.48. The number of fused-ring (bicyclic) bond motifs is 1. The van der Waals surface area contributed by atoms with E-state index in [1.54, 1.807) is 0 Å². The Morgan fingerprint density at radius 2 is 2.06 bits per heavy atom. The van der Waals surface area contributed by atoms with Crippen LogP contribution in [0.15, 0.2) is 16.6 Å². The monoisotopic (exact) mass is 311 g/mol. The molecule has 1 fully saturated rings. The Balaban J connectivity index is 2.02. The van der Waals surface area contributed by atoms with E-state index in [0.29, 0.717) is 22.6 Å². The highest BCUT2D eigenvalue weighted by Gasteiger charge is 2.39. The molecule has 1 saturated carbocycles. The molecule has 94 valence electrons. The highest BCUT2D eigenvalue weighted by atomic mass is 79.9. The molecule has 0 bridgehead atoms. The summed E-state index contributed by atoms with van der Waals surface area (Å²) in [4.78, 5) is 25.2. The predicted molar refractivity (Wildman–Crippen MR) is 68.1 cm³/mol. The summed E-state index contributed by atoms with van der Waals surface area (Å²) >= 11 is 3.24. The molecule has 1 aromatic rings. The Morgan fingerprint density at radius 1 is 1.33 bits per heavy atom. The van der Waals surface area contributed by atoms with E-state index in [2.05, 4.69) is 15.9 Å². The highest BCUT2D eigenvalue weighted by molar-refractivity contribution is 9.10. The van der Waals surface area contributed by atoms with E-state index in [1.807, 2.05) is 0 Å². The van der Waals surface area contributed by atoms with Crippen LogP contribution in [0, 0.1) is 11.7 Å². The van der Waals surface area contributed by atoms with E-state index >= 15 is 0 Å². The van der Waals surface area contributed by atoms with E-state index < -0.39 is 17.5 Å². The van der Waals surface area contributed by atoms with Gasteiger partial charge in [0, 0.05) is 11.0 Å². The average molecular weight is 312 g/mol. The largest absolute Gasteiger partial charge is 0.303 e. The lowest BCUT2D eigenvalue weighted by Crippen LogP contribution is -2.36. The quantitative estimate of drug-likeness (QED) is 0.788. The first kappa shape index (κ1) is 11.8. The molecule has 0 atom stereocenters. The number of halogens is 2. The molecule has 1 aliphatic carbocycles. The zero-order valence-electron chi connectivity index (χ0n) is 9.58. The second kappa shape index (κ2) is 4.16. The summed E-state index contributed by atoms with van der Waals surface area (Å²) in [5.74, 6) is -1.19. The Bertz CT molecular complexity index is 554. The van der Waals surface area contributed by atoms with Crippen molar-refractivity contribution in [1.29, 1.82) is 0 Å². The first-order valence-electron chi connectivity index (χ1n) is 5.93. The molecule has 2 aliphatic rings. The van der Waals surface area contributed by atoms with Crippen LogP contribution in [-0.4, -0.2) is 18.2 Å². The Morgan fingerprint density at radius 3 is 2.67 bits per heavy atom. The smallest absolute Gasteiger partial charge is 0.299 e. The third-order valence-electron chi connectivity index (χ3n) is 3.65. The second-order valence-electron chi connectivity index (χ2n) is 4.83. The summed E-state index contributed by atoms with van der Waals surface area (Å²) in [5.41, 5.74) is 0.699. The lowest BCUT2D eigenvalue weighted by atomic mass is 9.85. The normalized spacial score (nSPS) is 19.1. The van der Waals surface area contributed by atoms with Gasteiger partial charge < -0.3 is 4.90 Å². The van der Waals surface area contributed by atoms with E-state index in [9.17, 15) is 14.0 Å².